The lowest BCUT2D eigenvalue weighted by atomic mass is 10.3. The highest BCUT2D eigenvalue weighted by molar-refractivity contribution is 7.99. The quantitative estimate of drug-likeness (QED) is 0.618. The molecule has 0 aliphatic heterocycles. The minimum absolute atomic E-state index is 0.163. The van der Waals surface area contributed by atoms with Crippen molar-refractivity contribution in [1.29, 1.82) is 0 Å². The molecule has 1 N–H and O–H groups in total. The van der Waals surface area contributed by atoms with E-state index in [1.165, 1.54) is 0 Å². The number of rotatable bonds is 5. The van der Waals surface area contributed by atoms with E-state index in [1.807, 2.05) is 12.1 Å². The van der Waals surface area contributed by atoms with Gasteiger partial charge in [0.1, 0.15) is 5.75 Å². The lowest BCUT2D eigenvalue weighted by Gasteiger charge is -2.02. The second kappa shape index (κ2) is 6.35. The standard InChI is InChI=1S/C11H14O3S/c1-2-14-11(13)7-8-15-10-5-3-9(12)4-6-10/h3-6,12H,2,7-8H2,1H3. The van der Waals surface area contributed by atoms with Gasteiger partial charge in [0.2, 0.25) is 0 Å². The van der Waals surface area contributed by atoms with Crippen molar-refractivity contribution in [3.63, 3.8) is 0 Å². The van der Waals surface area contributed by atoms with E-state index in [9.17, 15) is 4.79 Å². The van der Waals surface area contributed by atoms with Crippen LogP contribution in [0, 0.1) is 0 Å². The van der Waals surface area contributed by atoms with E-state index in [0.29, 0.717) is 18.8 Å². The smallest absolute Gasteiger partial charge is 0.306 e. The first-order chi connectivity index (χ1) is 7.22. The molecule has 1 aromatic rings. The maximum absolute atomic E-state index is 11.0. The fourth-order valence-corrected chi connectivity index (χ4v) is 1.86. The number of phenols is 1. The molecule has 1 rings (SSSR count). The van der Waals surface area contributed by atoms with Gasteiger partial charge < -0.3 is 9.84 Å². The molecule has 0 bridgehead atoms. The highest BCUT2D eigenvalue weighted by atomic mass is 32.2. The number of esters is 1. The molecule has 4 heteroatoms. The Kier molecular flexibility index (Phi) is 5.04. The minimum atomic E-state index is -0.163. The van der Waals surface area contributed by atoms with Crippen molar-refractivity contribution < 1.29 is 14.6 Å². The van der Waals surface area contributed by atoms with Crippen LogP contribution in [0.5, 0.6) is 5.75 Å². The molecule has 0 heterocycles. The first-order valence-corrected chi connectivity index (χ1v) is 5.78. The number of aromatic hydroxyl groups is 1. The second-order valence-corrected chi connectivity index (χ2v) is 4.07. The molecule has 0 saturated heterocycles. The molecule has 0 fully saturated rings. The van der Waals surface area contributed by atoms with E-state index in [2.05, 4.69) is 0 Å². The summed E-state index contributed by atoms with van der Waals surface area (Å²) in [6.07, 6.45) is 0.416. The molecule has 0 aliphatic carbocycles. The van der Waals surface area contributed by atoms with Crippen molar-refractivity contribution in [2.45, 2.75) is 18.2 Å². The number of thioether (sulfide) groups is 1. The fraction of sp³-hybridized carbons (Fsp3) is 0.364. The number of carbonyl (C=O) groups is 1. The molecule has 15 heavy (non-hydrogen) atoms. The summed E-state index contributed by atoms with van der Waals surface area (Å²) in [6.45, 7) is 2.23. The van der Waals surface area contributed by atoms with E-state index in [1.54, 1.807) is 30.8 Å². The summed E-state index contributed by atoms with van der Waals surface area (Å²) in [6, 6.07) is 6.91. The van der Waals surface area contributed by atoms with Crippen LogP contribution < -0.4 is 0 Å². The molecule has 0 aromatic heterocycles. The van der Waals surface area contributed by atoms with Crippen molar-refractivity contribution in [1.82, 2.24) is 0 Å². The maximum Gasteiger partial charge on any atom is 0.306 e. The molecule has 3 nitrogen and oxygen atoms in total. The van der Waals surface area contributed by atoms with Crippen LogP contribution in [-0.4, -0.2) is 23.4 Å². The second-order valence-electron chi connectivity index (χ2n) is 2.90. The van der Waals surface area contributed by atoms with Gasteiger partial charge in [-0.3, -0.25) is 4.79 Å². The molecular formula is C11H14O3S. The van der Waals surface area contributed by atoms with Crippen LogP contribution in [0.15, 0.2) is 29.2 Å². The van der Waals surface area contributed by atoms with Gasteiger partial charge in [-0.25, -0.2) is 0 Å². The van der Waals surface area contributed by atoms with Crippen molar-refractivity contribution in [3.05, 3.63) is 24.3 Å². The predicted octanol–water partition coefficient (Wildman–Crippen LogP) is 2.44. The van der Waals surface area contributed by atoms with Crippen molar-refractivity contribution >= 4 is 17.7 Å². The maximum atomic E-state index is 11.0. The Labute approximate surface area is 93.4 Å². The molecule has 0 amide bonds. The van der Waals surface area contributed by atoms with Gasteiger partial charge in [-0.15, -0.1) is 11.8 Å². The molecule has 0 saturated carbocycles. The van der Waals surface area contributed by atoms with Crippen LogP contribution in [0.2, 0.25) is 0 Å². The average molecular weight is 226 g/mol. The Morgan fingerprint density at radius 3 is 2.67 bits per heavy atom. The van der Waals surface area contributed by atoms with E-state index >= 15 is 0 Å². The third-order valence-corrected chi connectivity index (χ3v) is 2.73. The van der Waals surface area contributed by atoms with Gasteiger partial charge in [0, 0.05) is 10.6 Å². The summed E-state index contributed by atoms with van der Waals surface area (Å²) in [4.78, 5) is 12.1. The lowest BCUT2D eigenvalue weighted by molar-refractivity contribution is -0.142. The van der Waals surface area contributed by atoms with Gasteiger partial charge >= 0.3 is 5.97 Å². The van der Waals surface area contributed by atoms with Crippen molar-refractivity contribution in [3.8, 4) is 5.75 Å². The molecule has 82 valence electrons. The summed E-state index contributed by atoms with van der Waals surface area (Å²) in [5.41, 5.74) is 0. The van der Waals surface area contributed by atoms with Gasteiger partial charge in [0.05, 0.1) is 13.0 Å². The van der Waals surface area contributed by atoms with E-state index in [-0.39, 0.29) is 11.7 Å². The van der Waals surface area contributed by atoms with Crippen LogP contribution in [-0.2, 0) is 9.53 Å². The Morgan fingerprint density at radius 2 is 2.07 bits per heavy atom. The van der Waals surface area contributed by atoms with Gasteiger partial charge in [-0.1, -0.05) is 0 Å². The molecular weight excluding hydrogens is 212 g/mol. The third kappa shape index (κ3) is 4.74. The summed E-state index contributed by atoms with van der Waals surface area (Å²) >= 11 is 1.57. The van der Waals surface area contributed by atoms with Gasteiger partial charge in [0.25, 0.3) is 0 Å². The molecule has 0 aliphatic rings. The lowest BCUT2D eigenvalue weighted by Crippen LogP contribution is -2.04. The number of phenolic OH excluding ortho intramolecular Hbond substituents is 1. The molecule has 0 unspecified atom stereocenters. The number of hydrogen-bond acceptors (Lipinski definition) is 4. The van der Waals surface area contributed by atoms with Crippen LogP contribution in [0.4, 0.5) is 0 Å². The van der Waals surface area contributed by atoms with Crippen molar-refractivity contribution in [2.75, 3.05) is 12.4 Å². The van der Waals surface area contributed by atoms with E-state index in [0.717, 1.165) is 4.90 Å². The van der Waals surface area contributed by atoms with Crippen LogP contribution in [0.25, 0.3) is 0 Å². The average Bonchev–Trinajstić information content (AvgIpc) is 2.21. The molecule has 1 aromatic carbocycles. The topological polar surface area (TPSA) is 46.5 Å². The molecule has 0 radical (unpaired) electrons. The summed E-state index contributed by atoms with van der Waals surface area (Å²) in [7, 11) is 0. The van der Waals surface area contributed by atoms with Crippen LogP contribution in [0.3, 0.4) is 0 Å². The zero-order chi connectivity index (χ0) is 11.1. The largest absolute Gasteiger partial charge is 0.508 e. The Morgan fingerprint density at radius 1 is 1.40 bits per heavy atom. The Balaban J connectivity index is 2.26. The van der Waals surface area contributed by atoms with Gasteiger partial charge in [0.15, 0.2) is 0 Å². The summed E-state index contributed by atoms with van der Waals surface area (Å²) in [5.74, 6) is 0.789. The normalized spacial score (nSPS) is 9.93. The summed E-state index contributed by atoms with van der Waals surface area (Å²) < 4.78 is 4.81. The van der Waals surface area contributed by atoms with Gasteiger partial charge in [-0.2, -0.15) is 0 Å². The fourth-order valence-electron chi connectivity index (χ4n) is 1.03. The van der Waals surface area contributed by atoms with Gasteiger partial charge in [-0.05, 0) is 31.2 Å². The number of carbonyl (C=O) groups excluding carboxylic acids is 1. The Bertz CT molecular complexity index is 308. The number of benzene rings is 1. The molecule has 0 atom stereocenters. The number of ether oxygens (including phenoxy) is 1. The van der Waals surface area contributed by atoms with E-state index < -0.39 is 0 Å². The third-order valence-electron chi connectivity index (χ3n) is 1.72. The number of hydrogen-bond donors (Lipinski definition) is 1. The van der Waals surface area contributed by atoms with Crippen molar-refractivity contribution in [2.24, 2.45) is 0 Å². The first-order valence-electron chi connectivity index (χ1n) is 4.80. The zero-order valence-electron chi connectivity index (χ0n) is 8.60. The monoisotopic (exact) mass is 226 g/mol. The van der Waals surface area contributed by atoms with E-state index in [4.69, 9.17) is 9.84 Å². The Hall–Kier alpha value is -1.16. The minimum Gasteiger partial charge on any atom is -0.508 e. The predicted molar refractivity (Wildman–Crippen MR) is 60.1 cm³/mol. The molecule has 0 spiro atoms. The van der Waals surface area contributed by atoms with Crippen LogP contribution >= 0.6 is 11.8 Å². The van der Waals surface area contributed by atoms with Crippen LogP contribution in [0.1, 0.15) is 13.3 Å². The SMILES string of the molecule is CCOC(=O)CCSc1ccc(O)cc1. The zero-order valence-corrected chi connectivity index (χ0v) is 9.42. The first kappa shape index (κ1) is 11.9. The summed E-state index contributed by atoms with van der Waals surface area (Å²) in [5, 5.41) is 9.06. The highest BCUT2D eigenvalue weighted by Crippen LogP contribution is 2.21. The highest BCUT2D eigenvalue weighted by Gasteiger charge is 2.01.